The maximum Gasteiger partial charge on any atom is 0.416 e. The number of hydrogen-bond acceptors (Lipinski definition) is 2. The van der Waals surface area contributed by atoms with Gasteiger partial charge in [0.05, 0.1) is 18.7 Å². The molecule has 5 heteroatoms. The molecular weight excluding hydrogens is 327 g/mol. The molecule has 25 heavy (non-hydrogen) atoms. The van der Waals surface area contributed by atoms with Gasteiger partial charge in [0.25, 0.3) is 0 Å². The Bertz CT molecular complexity index is 828. The van der Waals surface area contributed by atoms with E-state index in [4.69, 9.17) is 4.74 Å². The van der Waals surface area contributed by atoms with E-state index in [-0.39, 0.29) is 17.9 Å². The summed E-state index contributed by atoms with van der Waals surface area (Å²) < 4.78 is 44.8. The van der Waals surface area contributed by atoms with E-state index in [0.717, 1.165) is 35.1 Å². The molecule has 130 valence electrons. The molecule has 3 atom stereocenters. The Balaban J connectivity index is 1.79. The Morgan fingerprint density at radius 3 is 2.64 bits per heavy atom. The number of nitrogens with one attached hydrogen (secondary N) is 1. The van der Waals surface area contributed by atoms with E-state index in [1.807, 2.05) is 30.3 Å². The fourth-order valence-electron chi connectivity index (χ4n) is 4.00. The zero-order chi connectivity index (χ0) is 17.6. The normalized spacial score (nSPS) is 24.4. The number of anilines is 1. The molecule has 2 aromatic rings. The van der Waals surface area contributed by atoms with Crippen molar-refractivity contribution >= 4 is 5.69 Å². The number of para-hydroxylation sites is 1. The van der Waals surface area contributed by atoms with E-state index in [0.29, 0.717) is 0 Å². The Labute approximate surface area is 144 Å². The molecule has 1 aliphatic heterocycles. The van der Waals surface area contributed by atoms with Crippen LogP contribution in [0.3, 0.4) is 0 Å². The second kappa shape index (κ2) is 5.83. The number of ether oxygens (including phenoxy) is 1. The van der Waals surface area contributed by atoms with Crippen LogP contribution in [0.4, 0.5) is 18.9 Å². The molecule has 0 fully saturated rings. The van der Waals surface area contributed by atoms with Gasteiger partial charge in [-0.15, -0.1) is 0 Å². The third kappa shape index (κ3) is 2.68. The summed E-state index contributed by atoms with van der Waals surface area (Å²) in [5, 5.41) is 3.45. The van der Waals surface area contributed by atoms with Crippen LogP contribution in [0.1, 0.15) is 35.1 Å². The van der Waals surface area contributed by atoms with Crippen LogP contribution in [0.15, 0.2) is 54.6 Å². The lowest BCUT2D eigenvalue weighted by molar-refractivity contribution is -0.137. The molecule has 0 aromatic heterocycles. The van der Waals surface area contributed by atoms with Gasteiger partial charge in [-0.25, -0.2) is 0 Å². The van der Waals surface area contributed by atoms with Crippen LogP contribution in [-0.2, 0) is 6.18 Å². The first kappa shape index (κ1) is 16.1. The number of rotatable bonds is 2. The first-order valence-electron chi connectivity index (χ1n) is 8.26. The topological polar surface area (TPSA) is 21.3 Å². The molecule has 0 radical (unpaired) electrons. The Morgan fingerprint density at radius 1 is 1.08 bits per heavy atom. The molecule has 2 aliphatic rings. The van der Waals surface area contributed by atoms with Gasteiger partial charge in [0.1, 0.15) is 5.75 Å². The average Bonchev–Trinajstić information content (AvgIpc) is 3.10. The van der Waals surface area contributed by atoms with Crippen LogP contribution in [0.25, 0.3) is 0 Å². The van der Waals surface area contributed by atoms with Crippen LogP contribution in [-0.4, -0.2) is 7.11 Å². The van der Waals surface area contributed by atoms with Crippen LogP contribution in [0.5, 0.6) is 5.75 Å². The lowest BCUT2D eigenvalue weighted by Gasteiger charge is -2.38. The van der Waals surface area contributed by atoms with Crippen molar-refractivity contribution in [3.05, 3.63) is 71.3 Å². The van der Waals surface area contributed by atoms with Gasteiger partial charge in [-0.3, -0.25) is 0 Å². The summed E-state index contributed by atoms with van der Waals surface area (Å²) in [5.74, 6) is 0.946. The predicted octanol–water partition coefficient (Wildman–Crippen LogP) is 5.54. The second-order valence-electron chi connectivity index (χ2n) is 6.52. The van der Waals surface area contributed by atoms with E-state index in [1.54, 1.807) is 13.2 Å². The molecular formula is C20H18F3NO. The molecule has 1 aliphatic carbocycles. The van der Waals surface area contributed by atoms with Gasteiger partial charge in [-0.1, -0.05) is 30.4 Å². The van der Waals surface area contributed by atoms with Gasteiger partial charge in [0, 0.05) is 17.2 Å². The van der Waals surface area contributed by atoms with Crippen LogP contribution < -0.4 is 10.1 Å². The molecule has 0 saturated heterocycles. The average molecular weight is 345 g/mol. The van der Waals surface area contributed by atoms with Gasteiger partial charge >= 0.3 is 6.18 Å². The van der Waals surface area contributed by atoms with E-state index >= 15 is 0 Å². The summed E-state index contributed by atoms with van der Waals surface area (Å²) in [7, 11) is 1.63. The Morgan fingerprint density at radius 2 is 1.88 bits per heavy atom. The SMILES string of the molecule is COc1ccccc1[C@@H]1Nc2ccc(C(F)(F)F)cc2[C@H]2C=CC[C@@H]21. The van der Waals surface area contributed by atoms with Crippen LogP contribution in [0.2, 0.25) is 0 Å². The summed E-state index contributed by atoms with van der Waals surface area (Å²) in [6.07, 6.45) is 0.601. The molecule has 2 nitrogen and oxygen atoms in total. The number of fused-ring (bicyclic) bond motifs is 3. The summed E-state index contributed by atoms with van der Waals surface area (Å²) in [6, 6.07) is 11.8. The smallest absolute Gasteiger partial charge is 0.416 e. The van der Waals surface area contributed by atoms with E-state index in [9.17, 15) is 13.2 Å². The van der Waals surface area contributed by atoms with Crippen LogP contribution in [0, 0.1) is 5.92 Å². The van der Waals surface area contributed by atoms with Crippen molar-refractivity contribution in [3.8, 4) is 5.75 Å². The zero-order valence-corrected chi connectivity index (χ0v) is 13.7. The highest BCUT2D eigenvalue weighted by atomic mass is 19.4. The second-order valence-corrected chi connectivity index (χ2v) is 6.52. The van der Waals surface area contributed by atoms with Crippen molar-refractivity contribution in [3.63, 3.8) is 0 Å². The molecule has 0 spiro atoms. The summed E-state index contributed by atoms with van der Waals surface area (Å²) in [5.41, 5.74) is 1.92. The lowest BCUT2D eigenvalue weighted by Crippen LogP contribution is -2.29. The van der Waals surface area contributed by atoms with Crippen molar-refractivity contribution in [2.24, 2.45) is 5.92 Å². The maximum atomic E-state index is 13.1. The number of alkyl halides is 3. The van der Waals surface area contributed by atoms with Crippen molar-refractivity contribution in [1.29, 1.82) is 0 Å². The summed E-state index contributed by atoms with van der Waals surface area (Å²) in [4.78, 5) is 0. The maximum absolute atomic E-state index is 13.1. The molecule has 4 rings (SSSR count). The Kier molecular flexibility index (Phi) is 3.74. The minimum atomic E-state index is -4.33. The monoisotopic (exact) mass is 345 g/mol. The first-order chi connectivity index (χ1) is 12.0. The summed E-state index contributed by atoms with van der Waals surface area (Å²) in [6.45, 7) is 0. The minimum Gasteiger partial charge on any atom is -0.496 e. The van der Waals surface area contributed by atoms with E-state index < -0.39 is 11.7 Å². The van der Waals surface area contributed by atoms with Crippen molar-refractivity contribution < 1.29 is 17.9 Å². The molecule has 2 aromatic carbocycles. The van der Waals surface area contributed by atoms with Gasteiger partial charge in [0.15, 0.2) is 0 Å². The van der Waals surface area contributed by atoms with Crippen LogP contribution >= 0.6 is 0 Å². The molecule has 1 heterocycles. The van der Waals surface area contributed by atoms with Crippen molar-refractivity contribution in [2.45, 2.75) is 24.6 Å². The minimum absolute atomic E-state index is 0.000358. The molecule has 1 N–H and O–H groups in total. The quantitative estimate of drug-likeness (QED) is 0.722. The largest absolute Gasteiger partial charge is 0.496 e. The number of halogens is 3. The third-order valence-electron chi connectivity index (χ3n) is 5.16. The van der Waals surface area contributed by atoms with Gasteiger partial charge < -0.3 is 10.1 Å². The number of benzene rings is 2. The standard InChI is InChI=1S/C20H18F3NO/c1-25-18-8-3-2-5-15(18)19-14-7-4-6-13(14)16-11-12(20(21,22)23)9-10-17(16)24-19/h2-6,8-11,13-14,19,24H,7H2,1H3/t13-,14-,19+/m0/s1. The van der Waals surface area contributed by atoms with Crippen molar-refractivity contribution in [1.82, 2.24) is 0 Å². The fourth-order valence-corrected chi connectivity index (χ4v) is 4.00. The van der Waals surface area contributed by atoms with Gasteiger partial charge in [-0.05, 0) is 42.2 Å². The fraction of sp³-hybridized carbons (Fsp3) is 0.300. The summed E-state index contributed by atoms with van der Waals surface area (Å²) >= 11 is 0. The van der Waals surface area contributed by atoms with E-state index in [1.165, 1.54) is 6.07 Å². The highest BCUT2D eigenvalue weighted by Gasteiger charge is 2.40. The van der Waals surface area contributed by atoms with Crippen molar-refractivity contribution in [2.75, 3.05) is 12.4 Å². The highest BCUT2D eigenvalue weighted by Crippen LogP contribution is 2.51. The first-order valence-corrected chi connectivity index (χ1v) is 8.26. The van der Waals surface area contributed by atoms with E-state index in [2.05, 4.69) is 11.4 Å². The molecule has 0 saturated carbocycles. The molecule has 0 bridgehead atoms. The third-order valence-corrected chi connectivity index (χ3v) is 5.16. The highest BCUT2D eigenvalue weighted by molar-refractivity contribution is 5.61. The van der Waals surface area contributed by atoms with Gasteiger partial charge in [0.2, 0.25) is 0 Å². The Hall–Kier alpha value is -2.43. The molecule has 0 amide bonds. The number of hydrogen-bond donors (Lipinski definition) is 1. The molecule has 0 unspecified atom stereocenters. The predicted molar refractivity (Wildman–Crippen MR) is 90.8 cm³/mol. The number of allylic oxidation sites excluding steroid dienone is 2. The number of methoxy groups -OCH3 is 1. The van der Waals surface area contributed by atoms with Gasteiger partial charge in [-0.2, -0.15) is 13.2 Å². The zero-order valence-electron chi connectivity index (χ0n) is 13.7. The lowest BCUT2D eigenvalue weighted by atomic mass is 9.76.